The van der Waals surface area contributed by atoms with Crippen LogP contribution >= 0.6 is 11.6 Å². The number of ether oxygens (including phenoxy) is 1. The number of alkyl halides is 1. The van der Waals surface area contributed by atoms with Gasteiger partial charge in [-0.1, -0.05) is 12.1 Å². The maximum Gasteiger partial charge on any atom is 0.305 e. The predicted molar refractivity (Wildman–Crippen MR) is 75.9 cm³/mol. The van der Waals surface area contributed by atoms with Gasteiger partial charge >= 0.3 is 5.69 Å². The first-order valence-corrected chi connectivity index (χ1v) is 6.63. The Kier molecular flexibility index (Phi) is 4.70. The fourth-order valence-corrected chi connectivity index (χ4v) is 1.99. The van der Waals surface area contributed by atoms with Crippen molar-refractivity contribution in [1.29, 1.82) is 0 Å². The molecule has 0 N–H and O–H groups in total. The van der Waals surface area contributed by atoms with Crippen LogP contribution in [0.2, 0.25) is 0 Å². The number of nitro groups is 1. The molecule has 0 saturated heterocycles. The molecule has 21 heavy (non-hydrogen) atoms. The number of aromatic nitrogens is 1. The molecule has 7 heteroatoms. The van der Waals surface area contributed by atoms with E-state index in [4.69, 9.17) is 16.3 Å². The molecule has 1 aromatic carbocycles. The normalized spacial score (nSPS) is 10.4. The second-order valence-corrected chi connectivity index (χ2v) is 4.59. The molecule has 0 aliphatic heterocycles. The van der Waals surface area contributed by atoms with Gasteiger partial charge in [0.05, 0.1) is 16.5 Å². The molecule has 0 aliphatic rings. The lowest BCUT2D eigenvalue weighted by molar-refractivity contribution is -0.387. The Hall–Kier alpha value is -2.21. The Morgan fingerprint density at radius 1 is 1.38 bits per heavy atom. The zero-order chi connectivity index (χ0) is 15.4. The second-order valence-electron chi connectivity index (χ2n) is 4.33. The van der Waals surface area contributed by atoms with Crippen LogP contribution in [0, 0.1) is 22.9 Å². The van der Waals surface area contributed by atoms with Crippen LogP contribution in [0.15, 0.2) is 30.3 Å². The Labute approximate surface area is 125 Å². The third-order valence-corrected chi connectivity index (χ3v) is 3.09. The van der Waals surface area contributed by atoms with Gasteiger partial charge in [-0.3, -0.25) is 15.1 Å². The minimum absolute atomic E-state index is 0.102. The van der Waals surface area contributed by atoms with Gasteiger partial charge in [0.15, 0.2) is 0 Å². The van der Waals surface area contributed by atoms with E-state index >= 15 is 0 Å². The molecule has 5 nitrogen and oxygen atoms in total. The molecule has 1 aromatic heterocycles. The summed E-state index contributed by atoms with van der Waals surface area (Å²) in [6, 6.07) is 7.39. The molecule has 0 radical (unpaired) electrons. The van der Waals surface area contributed by atoms with Crippen LogP contribution in [-0.2, 0) is 12.5 Å². The second kappa shape index (κ2) is 6.49. The average molecular weight is 311 g/mol. The van der Waals surface area contributed by atoms with Crippen molar-refractivity contribution in [2.45, 2.75) is 19.4 Å². The zero-order valence-corrected chi connectivity index (χ0v) is 11.9. The summed E-state index contributed by atoms with van der Waals surface area (Å²) in [5.74, 6) is -0.300. The minimum atomic E-state index is -0.894. The van der Waals surface area contributed by atoms with E-state index in [-0.39, 0.29) is 18.1 Å². The number of pyridine rings is 1. The van der Waals surface area contributed by atoms with E-state index < -0.39 is 16.4 Å². The van der Waals surface area contributed by atoms with Crippen LogP contribution in [-0.4, -0.2) is 9.91 Å². The van der Waals surface area contributed by atoms with Gasteiger partial charge in [-0.05, 0) is 19.1 Å². The smallest absolute Gasteiger partial charge is 0.305 e. The topological polar surface area (TPSA) is 65.3 Å². The van der Waals surface area contributed by atoms with Gasteiger partial charge in [0.25, 0.3) is 0 Å². The number of nitro benzene ring substituents is 1. The van der Waals surface area contributed by atoms with Gasteiger partial charge in [0.1, 0.15) is 12.4 Å². The first kappa shape index (κ1) is 15.2. The van der Waals surface area contributed by atoms with E-state index in [1.54, 1.807) is 12.1 Å². The number of rotatable bonds is 5. The van der Waals surface area contributed by atoms with Gasteiger partial charge in [0, 0.05) is 17.3 Å². The largest absolute Gasteiger partial charge is 0.487 e. The molecule has 2 aromatic rings. The molecule has 1 heterocycles. The lowest BCUT2D eigenvalue weighted by Crippen LogP contribution is -2.04. The number of hydrogen-bond donors (Lipinski definition) is 0. The Morgan fingerprint density at radius 3 is 2.81 bits per heavy atom. The van der Waals surface area contributed by atoms with Gasteiger partial charge in [-0.25, -0.2) is 0 Å². The lowest BCUT2D eigenvalue weighted by atomic mass is 10.2. The molecule has 0 spiro atoms. The van der Waals surface area contributed by atoms with E-state index in [2.05, 4.69) is 4.98 Å². The Morgan fingerprint density at radius 2 is 2.14 bits per heavy atom. The maximum absolute atomic E-state index is 13.9. The van der Waals surface area contributed by atoms with Gasteiger partial charge in [0.2, 0.25) is 5.82 Å². The average Bonchev–Trinajstić information content (AvgIpc) is 2.46. The number of benzene rings is 1. The first-order valence-electron chi connectivity index (χ1n) is 6.10. The number of aryl methyl sites for hydroxylation is 1. The quantitative estimate of drug-likeness (QED) is 0.479. The SMILES string of the molecule is Cc1ccc(OCc2cccc([N+](=O)[O-])c2F)c(CCl)n1. The van der Waals surface area contributed by atoms with Crippen molar-refractivity contribution in [3.63, 3.8) is 0 Å². The predicted octanol–water partition coefficient (Wildman–Crippen LogP) is 3.76. The molecule has 110 valence electrons. The van der Waals surface area contributed by atoms with E-state index in [1.165, 1.54) is 12.1 Å². The van der Waals surface area contributed by atoms with E-state index in [0.717, 1.165) is 11.8 Å². The monoisotopic (exact) mass is 310 g/mol. The van der Waals surface area contributed by atoms with Crippen LogP contribution in [0.1, 0.15) is 17.0 Å². The van der Waals surface area contributed by atoms with E-state index in [1.807, 2.05) is 6.92 Å². The van der Waals surface area contributed by atoms with Crippen molar-refractivity contribution in [2.24, 2.45) is 0 Å². The van der Waals surface area contributed by atoms with Crippen LogP contribution in [0.4, 0.5) is 10.1 Å². The standard InChI is InChI=1S/C14H12ClFN2O3/c1-9-5-6-13(11(7-15)17-9)21-8-10-3-2-4-12(14(10)16)18(19)20/h2-6H,7-8H2,1H3. The summed E-state index contributed by atoms with van der Waals surface area (Å²) in [6.45, 7) is 1.68. The Balaban J connectivity index is 2.21. The molecule has 0 fully saturated rings. The van der Waals surface area contributed by atoms with Crippen molar-refractivity contribution < 1.29 is 14.1 Å². The van der Waals surface area contributed by atoms with Crippen LogP contribution in [0.3, 0.4) is 0 Å². The van der Waals surface area contributed by atoms with Crippen molar-refractivity contribution in [2.75, 3.05) is 0 Å². The summed E-state index contributed by atoms with van der Waals surface area (Å²) in [7, 11) is 0. The van der Waals surface area contributed by atoms with Gasteiger partial charge < -0.3 is 4.74 Å². The Bertz CT molecular complexity index is 679. The summed E-state index contributed by atoms with van der Waals surface area (Å²) in [5, 5.41) is 10.7. The fraction of sp³-hybridized carbons (Fsp3) is 0.214. The summed E-state index contributed by atoms with van der Waals surface area (Å²) >= 11 is 5.78. The highest BCUT2D eigenvalue weighted by atomic mass is 35.5. The van der Waals surface area contributed by atoms with Gasteiger partial charge in [-0.2, -0.15) is 4.39 Å². The van der Waals surface area contributed by atoms with Crippen molar-refractivity contribution in [3.8, 4) is 5.75 Å². The minimum Gasteiger partial charge on any atom is -0.487 e. The lowest BCUT2D eigenvalue weighted by Gasteiger charge is -2.10. The third kappa shape index (κ3) is 3.46. The molecular formula is C14H12ClFN2O3. The zero-order valence-electron chi connectivity index (χ0n) is 11.2. The summed E-state index contributed by atoms with van der Waals surface area (Å²) in [4.78, 5) is 14.1. The molecule has 0 saturated carbocycles. The molecule has 0 amide bonds. The summed E-state index contributed by atoms with van der Waals surface area (Å²) < 4.78 is 19.4. The molecule has 0 atom stereocenters. The van der Waals surface area contributed by atoms with E-state index in [0.29, 0.717) is 11.4 Å². The number of hydrogen-bond acceptors (Lipinski definition) is 4. The molecular weight excluding hydrogens is 299 g/mol. The third-order valence-electron chi connectivity index (χ3n) is 2.84. The molecule has 0 bridgehead atoms. The molecule has 2 rings (SSSR count). The van der Waals surface area contributed by atoms with Gasteiger partial charge in [-0.15, -0.1) is 11.6 Å². The van der Waals surface area contributed by atoms with Crippen molar-refractivity contribution in [3.05, 3.63) is 63.2 Å². The summed E-state index contributed by atoms with van der Waals surface area (Å²) in [6.07, 6.45) is 0. The van der Waals surface area contributed by atoms with E-state index in [9.17, 15) is 14.5 Å². The first-order chi connectivity index (χ1) is 10.0. The van der Waals surface area contributed by atoms with Crippen LogP contribution in [0.25, 0.3) is 0 Å². The highest BCUT2D eigenvalue weighted by Gasteiger charge is 2.17. The fourth-order valence-electron chi connectivity index (χ4n) is 1.80. The van der Waals surface area contributed by atoms with Crippen molar-refractivity contribution in [1.82, 2.24) is 4.98 Å². The maximum atomic E-state index is 13.9. The van der Waals surface area contributed by atoms with Crippen LogP contribution in [0.5, 0.6) is 5.75 Å². The van der Waals surface area contributed by atoms with Crippen LogP contribution < -0.4 is 4.74 Å². The van der Waals surface area contributed by atoms with Crippen molar-refractivity contribution >= 4 is 17.3 Å². The summed E-state index contributed by atoms with van der Waals surface area (Å²) in [5.41, 5.74) is 0.864. The highest BCUT2D eigenvalue weighted by Crippen LogP contribution is 2.24. The molecule has 0 unspecified atom stereocenters. The number of halogens is 2. The number of nitrogens with zero attached hydrogens (tertiary/aromatic N) is 2. The molecule has 0 aliphatic carbocycles. The highest BCUT2D eigenvalue weighted by molar-refractivity contribution is 6.17.